The quantitative estimate of drug-likeness (QED) is 0.267. The molecule has 0 bridgehead atoms. The van der Waals surface area contributed by atoms with E-state index in [-0.39, 0.29) is 30.0 Å². The largest absolute Gasteiger partial charge is 0.434 e. The minimum atomic E-state index is -4.61. The van der Waals surface area contributed by atoms with Crippen LogP contribution in [0, 0.1) is 5.82 Å². The molecular formula is C27H33ClF4N8. The van der Waals surface area contributed by atoms with Crippen LogP contribution in [0.4, 0.5) is 23.4 Å². The molecule has 216 valence electrons. The molecule has 1 aliphatic rings. The Morgan fingerprint density at radius 2 is 1.88 bits per heavy atom. The van der Waals surface area contributed by atoms with Crippen LogP contribution in [-0.2, 0) is 25.8 Å². The van der Waals surface area contributed by atoms with Crippen molar-refractivity contribution >= 4 is 17.4 Å². The van der Waals surface area contributed by atoms with E-state index in [4.69, 9.17) is 22.4 Å². The highest BCUT2D eigenvalue weighted by Gasteiger charge is 2.35. The average Bonchev–Trinajstić information content (AvgIpc) is 3.61. The Hall–Kier alpha value is -3.38. The first-order chi connectivity index (χ1) is 19.0. The summed E-state index contributed by atoms with van der Waals surface area (Å²) in [5.41, 5.74) is 7.25. The summed E-state index contributed by atoms with van der Waals surface area (Å²) >= 11 is 6.43. The van der Waals surface area contributed by atoms with Gasteiger partial charge >= 0.3 is 6.18 Å². The van der Waals surface area contributed by atoms with Crippen LogP contribution in [0.25, 0.3) is 22.8 Å². The number of alkyl halides is 3. The van der Waals surface area contributed by atoms with Crippen molar-refractivity contribution in [1.82, 2.24) is 29.1 Å². The lowest BCUT2D eigenvalue weighted by atomic mass is 10.1. The SMILES string of the molecule is CC.CCn1cc(C(F)(F)F)nc1-c1ccc(CN2CC(N)Cn3nc(-c4c(Cl)cnn4C(C)C)cc32)cc1F. The topological polar surface area (TPSA) is 82.7 Å². The van der Waals surface area contributed by atoms with Crippen molar-refractivity contribution in [2.45, 2.75) is 72.5 Å². The predicted molar refractivity (Wildman–Crippen MR) is 148 cm³/mol. The zero-order chi connectivity index (χ0) is 29.4. The van der Waals surface area contributed by atoms with E-state index in [9.17, 15) is 13.2 Å². The summed E-state index contributed by atoms with van der Waals surface area (Å²) < 4.78 is 59.7. The standard InChI is InChI=1S/C25H27ClF4N8.C2H6/c1-4-35-13-21(25(28,29)30)33-24(35)17-6-5-15(7-19(17)27)10-36-11-16(31)12-37-22(36)8-20(34-37)23-18(26)9-32-38(23)14(2)3;1-2/h5-9,13-14,16H,4,10-12,31H2,1-3H3;1-2H3. The van der Waals surface area contributed by atoms with Crippen molar-refractivity contribution in [3.8, 4) is 22.8 Å². The molecule has 0 radical (unpaired) electrons. The highest BCUT2D eigenvalue weighted by atomic mass is 35.5. The second-order valence-electron chi connectivity index (χ2n) is 9.64. The first kappa shape index (κ1) is 29.6. The van der Waals surface area contributed by atoms with Crippen molar-refractivity contribution in [2.75, 3.05) is 11.4 Å². The maximum Gasteiger partial charge on any atom is 0.434 e. The van der Waals surface area contributed by atoms with Crippen LogP contribution in [0.3, 0.4) is 0 Å². The fourth-order valence-electron chi connectivity index (χ4n) is 4.75. The van der Waals surface area contributed by atoms with Gasteiger partial charge in [0.15, 0.2) is 5.69 Å². The molecule has 40 heavy (non-hydrogen) atoms. The highest BCUT2D eigenvalue weighted by Crippen LogP contribution is 2.35. The fourth-order valence-corrected chi connectivity index (χ4v) is 4.98. The first-order valence-corrected chi connectivity index (χ1v) is 13.6. The Bertz CT molecular complexity index is 1470. The maximum atomic E-state index is 15.2. The number of aromatic nitrogens is 6. The Morgan fingerprint density at radius 3 is 2.50 bits per heavy atom. The van der Waals surface area contributed by atoms with Crippen LogP contribution in [0.5, 0.6) is 0 Å². The van der Waals surface area contributed by atoms with E-state index in [1.165, 1.54) is 16.7 Å². The number of hydrogen-bond acceptors (Lipinski definition) is 5. The summed E-state index contributed by atoms with van der Waals surface area (Å²) in [5.74, 6) is 0.0833. The summed E-state index contributed by atoms with van der Waals surface area (Å²) in [7, 11) is 0. The second kappa shape index (κ2) is 11.6. The summed E-state index contributed by atoms with van der Waals surface area (Å²) in [4.78, 5) is 5.66. The van der Waals surface area contributed by atoms with E-state index < -0.39 is 17.7 Å². The number of benzene rings is 1. The number of fused-ring (bicyclic) bond motifs is 1. The van der Waals surface area contributed by atoms with Gasteiger partial charge in [-0.05, 0) is 38.5 Å². The van der Waals surface area contributed by atoms with Gasteiger partial charge in [-0.1, -0.05) is 31.5 Å². The van der Waals surface area contributed by atoms with E-state index in [2.05, 4.69) is 10.1 Å². The van der Waals surface area contributed by atoms with E-state index in [1.54, 1.807) is 28.6 Å². The third-order valence-electron chi connectivity index (χ3n) is 6.48. The Balaban J connectivity index is 0.00000181. The van der Waals surface area contributed by atoms with Crippen LogP contribution in [0.1, 0.15) is 51.9 Å². The van der Waals surface area contributed by atoms with Gasteiger partial charge in [-0.25, -0.2) is 14.1 Å². The van der Waals surface area contributed by atoms with E-state index >= 15 is 4.39 Å². The van der Waals surface area contributed by atoms with Gasteiger partial charge in [0, 0.05) is 44.0 Å². The molecule has 5 rings (SSSR count). The van der Waals surface area contributed by atoms with Gasteiger partial charge in [-0.2, -0.15) is 23.4 Å². The van der Waals surface area contributed by atoms with Crippen LogP contribution in [0.2, 0.25) is 5.02 Å². The number of halogens is 5. The van der Waals surface area contributed by atoms with Gasteiger partial charge < -0.3 is 15.2 Å². The molecule has 4 aromatic rings. The van der Waals surface area contributed by atoms with Crippen LogP contribution >= 0.6 is 11.6 Å². The molecule has 0 aliphatic carbocycles. The number of anilines is 1. The zero-order valence-corrected chi connectivity index (χ0v) is 23.8. The molecule has 0 saturated carbocycles. The Kier molecular flexibility index (Phi) is 8.60. The molecule has 3 aromatic heterocycles. The van der Waals surface area contributed by atoms with Crippen molar-refractivity contribution in [1.29, 1.82) is 0 Å². The van der Waals surface area contributed by atoms with Gasteiger partial charge in [0.25, 0.3) is 0 Å². The number of hydrogen-bond donors (Lipinski definition) is 1. The number of nitrogens with two attached hydrogens (primary N) is 1. The van der Waals surface area contributed by atoms with Crippen molar-refractivity contribution in [3.63, 3.8) is 0 Å². The zero-order valence-electron chi connectivity index (χ0n) is 23.0. The molecule has 1 aliphatic heterocycles. The molecule has 0 saturated heterocycles. The van der Waals surface area contributed by atoms with Gasteiger partial charge in [-0.15, -0.1) is 0 Å². The molecule has 1 aromatic carbocycles. The number of imidazole rings is 1. The molecule has 1 unspecified atom stereocenters. The summed E-state index contributed by atoms with van der Waals surface area (Å²) in [6.45, 7) is 11.2. The Labute approximate surface area is 235 Å². The first-order valence-electron chi connectivity index (χ1n) is 13.2. The molecule has 0 fully saturated rings. The van der Waals surface area contributed by atoms with E-state index in [0.717, 1.165) is 12.0 Å². The highest BCUT2D eigenvalue weighted by molar-refractivity contribution is 6.32. The molecular weight excluding hydrogens is 548 g/mol. The van der Waals surface area contributed by atoms with Gasteiger partial charge in [0.2, 0.25) is 0 Å². The van der Waals surface area contributed by atoms with Crippen LogP contribution in [-0.4, -0.2) is 41.7 Å². The average molecular weight is 581 g/mol. The molecule has 0 amide bonds. The maximum absolute atomic E-state index is 15.2. The lowest BCUT2D eigenvalue weighted by Crippen LogP contribution is -2.45. The number of aryl methyl sites for hydroxylation is 1. The summed E-state index contributed by atoms with van der Waals surface area (Å²) in [6, 6.07) is 6.26. The minimum Gasteiger partial charge on any atom is -0.351 e. The van der Waals surface area contributed by atoms with Gasteiger partial charge in [0.05, 0.1) is 23.3 Å². The van der Waals surface area contributed by atoms with E-state index in [0.29, 0.717) is 41.6 Å². The lowest BCUT2D eigenvalue weighted by Gasteiger charge is -2.33. The van der Waals surface area contributed by atoms with Gasteiger partial charge in [0.1, 0.15) is 28.8 Å². The number of nitrogens with zero attached hydrogens (tertiary/aromatic N) is 7. The van der Waals surface area contributed by atoms with Crippen LogP contribution < -0.4 is 10.6 Å². The van der Waals surface area contributed by atoms with Crippen molar-refractivity contribution in [3.05, 3.63) is 58.8 Å². The summed E-state index contributed by atoms with van der Waals surface area (Å²) in [5, 5.41) is 9.57. The van der Waals surface area contributed by atoms with Crippen molar-refractivity contribution < 1.29 is 17.6 Å². The molecule has 2 N–H and O–H groups in total. The normalized spacial score (nSPS) is 15.3. The molecule has 4 heterocycles. The molecule has 13 heteroatoms. The fraction of sp³-hybridized carbons (Fsp3) is 0.444. The smallest absolute Gasteiger partial charge is 0.351 e. The molecule has 0 spiro atoms. The van der Waals surface area contributed by atoms with Gasteiger partial charge in [-0.3, -0.25) is 4.68 Å². The van der Waals surface area contributed by atoms with E-state index in [1.807, 2.05) is 38.7 Å². The third kappa shape index (κ3) is 5.73. The molecule has 1 atom stereocenters. The Morgan fingerprint density at radius 1 is 1.15 bits per heavy atom. The minimum absolute atomic E-state index is 0.00497. The predicted octanol–water partition coefficient (Wildman–Crippen LogP) is 6.40. The number of rotatable bonds is 6. The monoisotopic (exact) mass is 580 g/mol. The lowest BCUT2D eigenvalue weighted by molar-refractivity contribution is -0.140. The second-order valence-corrected chi connectivity index (χ2v) is 10.0. The van der Waals surface area contributed by atoms with Crippen LogP contribution in [0.15, 0.2) is 36.7 Å². The van der Waals surface area contributed by atoms with Crippen molar-refractivity contribution in [2.24, 2.45) is 5.73 Å². The third-order valence-corrected chi connectivity index (χ3v) is 6.76. The molecule has 8 nitrogen and oxygen atoms in total. The summed E-state index contributed by atoms with van der Waals surface area (Å²) in [6.07, 6.45) is -2.13.